The molecule has 0 spiro atoms. The van der Waals surface area contributed by atoms with Crippen molar-refractivity contribution in [1.82, 2.24) is 5.32 Å². The van der Waals surface area contributed by atoms with E-state index in [1.54, 1.807) is 6.07 Å². The lowest BCUT2D eigenvalue weighted by molar-refractivity contribution is 0.251. The summed E-state index contributed by atoms with van der Waals surface area (Å²) in [7, 11) is 0. The fraction of sp³-hybridized carbons (Fsp3) is 0.200. The average Bonchev–Trinajstić information content (AvgIpc) is 2.35. The standard InChI is InChI=1S/C10H11N3O2/c1-2-15-10-12-8-6-4-3-5-7(8)11-9(14)13-10/h3-6H,2H2,1H3,(H2,11,12,13,14). The fourth-order valence-electron chi connectivity index (χ4n) is 1.27. The van der Waals surface area contributed by atoms with Gasteiger partial charge < -0.3 is 10.1 Å². The lowest BCUT2D eigenvalue weighted by Crippen LogP contribution is -2.34. The minimum atomic E-state index is -0.341. The van der Waals surface area contributed by atoms with Gasteiger partial charge in [-0.3, -0.25) is 5.32 Å². The predicted molar refractivity (Wildman–Crippen MR) is 57.3 cm³/mol. The normalized spacial score (nSPS) is 14.2. The summed E-state index contributed by atoms with van der Waals surface area (Å²) in [5.41, 5.74) is 1.35. The van der Waals surface area contributed by atoms with Crippen molar-refractivity contribution in [1.29, 1.82) is 0 Å². The molecule has 0 bridgehead atoms. The van der Waals surface area contributed by atoms with Crippen LogP contribution in [0.3, 0.4) is 0 Å². The first-order valence-corrected chi connectivity index (χ1v) is 4.68. The van der Waals surface area contributed by atoms with Gasteiger partial charge in [-0.05, 0) is 19.1 Å². The average molecular weight is 205 g/mol. The lowest BCUT2D eigenvalue weighted by atomic mass is 10.3. The summed E-state index contributed by atoms with van der Waals surface area (Å²) in [6.07, 6.45) is 0. The van der Waals surface area contributed by atoms with Crippen molar-refractivity contribution in [2.45, 2.75) is 6.92 Å². The molecule has 15 heavy (non-hydrogen) atoms. The Balaban J connectivity index is 2.38. The maximum Gasteiger partial charge on any atom is 0.327 e. The van der Waals surface area contributed by atoms with Crippen LogP contribution in [0.15, 0.2) is 29.3 Å². The molecule has 78 valence electrons. The number of benzene rings is 1. The Morgan fingerprint density at radius 1 is 1.33 bits per heavy atom. The van der Waals surface area contributed by atoms with Crippen molar-refractivity contribution in [2.75, 3.05) is 11.9 Å². The number of hydrogen-bond acceptors (Lipinski definition) is 3. The summed E-state index contributed by atoms with van der Waals surface area (Å²) in [5, 5.41) is 5.17. The number of ether oxygens (including phenoxy) is 1. The van der Waals surface area contributed by atoms with E-state index < -0.39 is 0 Å². The van der Waals surface area contributed by atoms with Gasteiger partial charge in [-0.1, -0.05) is 12.1 Å². The number of rotatable bonds is 1. The maximum absolute atomic E-state index is 11.3. The van der Waals surface area contributed by atoms with E-state index in [0.29, 0.717) is 18.0 Å². The lowest BCUT2D eigenvalue weighted by Gasteiger charge is -2.04. The zero-order chi connectivity index (χ0) is 10.7. The molecule has 0 unspecified atom stereocenters. The third-order valence-corrected chi connectivity index (χ3v) is 1.88. The molecular weight excluding hydrogens is 194 g/mol. The zero-order valence-electron chi connectivity index (χ0n) is 8.28. The van der Waals surface area contributed by atoms with E-state index in [0.717, 1.165) is 0 Å². The molecule has 0 saturated carbocycles. The van der Waals surface area contributed by atoms with E-state index in [-0.39, 0.29) is 12.1 Å². The number of carbonyl (C=O) groups excluding carboxylic acids is 1. The van der Waals surface area contributed by atoms with Crippen LogP contribution in [0.1, 0.15) is 6.92 Å². The number of amides is 2. The molecule has 0 aliphatic carbocycles. The van der Waals surface area contributed by atoms with E-state index in [1.807, 2.05) is 25.1 Å². The fourth-order valence-corrected chi connectivity index (χ4v) is 1.27. The first-order chi connectivity index (χ1) is 7.29. The number of nitrogens with zero attached hydrogens (tertiary/aromatic N) is 1. The van der Waals surface area contributed by atoms with Crippen molar-refractivity contribution in [2.24, 2.45) is 4.99 Å². The number of para-hydroxylation sites is 2. The van der Waals surface area contributed by atoms with Crippen LogP contribution in [0.25, 0.3) is 0 Å². The van der Waals surface area contributed by atoms with E-state index in [1.165, 1.54) is 0 Å². The summed E-state index contributed by atoms with van der Waals surface area (Å²) < 4.78 is 5.17. The highest BCUT2D eigenvalue weighted by molar-refractivity contribution is 6.05. The van der Waals surface area contributed by atoms with E-state index in [4.69, 9.17) is 4.74 Å². The molecule has 5 heteroatoms. The van der Waals surface area contributed by atoms with Crippen LogP contribution in [-0.2, 0) is 4.74 Å². The number of hydrogen-bond donors (Lipinski definition) is 2. The van der Waals surface area contributed by atoms with Gasteiger partial charge in [-0.15, -0.1) is 0 Å². The molecule has 1 aliphatic rings. The van der Waals surface area contributed by atoms with Crippen molar-refractivity contribution < 1.29 is 9.53 Å². The second-order valence-corrected chi connectivity index (χ2v) is 2.95. The monoisotopic (exact) mass is 205 g/mol. The SMILES string of the molecule is CCOC1=Nc2ccccc2NC(=O)N1. The van der Waals surface area contributed by atoms with Crippen molar-refractivity contribution in [3.05, 3.63) is 24.3 Å². The molecule has 0 saturated heterocycles. The van der Waals surface area contributed by atoms with Gasteiger partial charge in [0.1, 0.15) is 0 Å². The Morgan fingerprint density at radius 2 is 2.13 bits per heavy atom. The van der Waals surface area contributed by atoms with Crippen LogP contribution in [0, 0.1) is 0 Å². The van der Waals surface area contributed by atoms with Crippen LogP contribution in [-0.4, -0.2) is 18.7 Å². The first kappa shape index (κ1) is 9.51. The molecule has 0 fully saturated rings. The largest absolute Gasteiger partial charge is 0.465 e. The topological polar surface area (TPSA) is 62.7 Å². The number of urea groups is 1. The summed E-state index contributed by atoms with van der Waals surface area (Å²) >= 11 is 0. The second kappa shape index (κ2) is 4.00. The Morgan fingerprint density at radius 3 is 2.93 bits per heavy atom. The van der Waals surface area contributed by atoms with Gasteiger partial charge in [-0.2, -0.15) is 4.99 Å². The molecule has 1 aliphatic heterocycles. The molecule has 0 atom stereocenters. The van der Waals surface area contributed by atoms with Gasteiger partial charge in [0.2, 0.25) is 0 Å². The number of anilines is 1. The second-order valence-electron chi connectivity index (χ2n) is 2.95. The Labute approximate surface area is 87.2 Å². The highest BCUT2D eigenvalue weighted by Crippen LogP contribution is 2.25. The molecule has 1 heterocycles. The summed E-state index contributed by atoms with van der Waals surface area (Å²) in [6, 6.07) is 7.16. The molecule has 0 radical (unpaired) electrons. The number of amidine groups is 1. The van der Waals surface area contributed by atoms with Crippen LogP contribution >= 0.6 is 0 Å². The minimum Gasteiger partial charge on any atom is -0.465 e. The highest BCUT2D eigenvalue weighted by atomic mass is 16.5. The minimum absolute atomic E-state index is 0.222. The van der Waals surface area contributed by atoms with Gasteiger partial charge in [-0.25, -0.2) is 4.79 Å². The number of carbonyl (C=O) groups is 1. The molecule has 2 rings (SSSR count). The third kappa shape index (κ3) is 2.07. The van der Waals surface area contributed by atoms with Crippen molar-refractivity contribution >= 4 is 23.4 Å². The van der Waals surface area contributed by atoms with Crippen LogP contribution in [0.4, 0.5) is 16.2 Å². The van der Waals surface area contributed by atoms with E-state index in [2.05, 4.69) is 15.6 Å². The zero-order valence-corrected chi connectivity index (χ0v) is 8.28. The van der Waals surface area contributed by atoms with Crippen molar-refractivity contribution in [3.63, 3.8) is 0 Å². The predicted octanol–water partition coefficient (Wildman–Crippen LogP) is 1.85. The smallest absolute Gasteiger partial charge is 0.327 e. The van der Waals surface area contributed by atoms with Crippen molar-refractivity contribution in [3.8, 4) is 0 Å². The van der Waals surface area contributed by atoms with Gasteiger partial charge >= 0.3 is 6.03 Å². The summed E-state index contributed by atoms with van der Waals surface area (Å²) in [4.78, 5) is 15.5. The number of fused-ring (bicyclic) bond motifs is 1. The van der Waals surface area contributed by atoms with Crippen LogP contribution < -0.4 is 10.6 Å². The van der Waals surface area contributed by atoms with Gasteiger partial charge in [0, 0.05) is 0 Å². The van der Waals surface area contributed by atoms with Gasteiger partial charge in [0.15, 0.2) is 0 Å². The molecular formula is C10H11N3O2. The van der Waals surface area contributed by atoms with Crippen LogP contribution in [0.2, 0.25) is 0 Å². The molecule has 2 N–H and O–H groups in total. The Kier molecular flexibility index (Phi) is 2.53. The number of aliphatic imine (C=N–C) groups is 1. The summed E-state index contributed by atoms with van der Waals surface area (Å²) in [5.74, 6) is 0. The molecule has 2 amide bonds. The Hall–Kier alpha value is -2.04. The quantitative estimate of drug-likeness (QED) is 0.734. The van der Waals surface area contributed by atoms with Gasteiger partial charge in [0.05, 0.1) is 18.0 Å². The molecule has 1 aromatic carbocycles. The Bertz CT molecular complexity index is 415. The summed E-state index contributed by atoms with van der Waals surface area (Å²) in [6.45, 7) is 2.29. The third-order valence-electron chi connectivity index (χ3n) is 1.88. The maximum atomic E-state index is 11.3. The number of nitrogens with one attached hydrogen (secondary N) is 2. The van der Waals surface area contributed by atoms with Gasteiger partial charge in [0.25, 0.3) is 6.02 Å². The molecule has 0 aromatic heterocycles. The van der Waals surface area contributed by atoms with E-state index >= 15 is 0 Å². The highest BCUT2D eigenvalue weighted by Gasteiger charge is 2.14. The van der Waals surface area contributed by atoms with Crippen LogP contribution in [0.5, 0.6) is 0 Å². The van der Waals surface area contributed by atoms with E-state index in [9.17, 15) is 4.79 Å². The molecule has 5 nitrogen and oxygen atoms in total. The molecule has 1 aromatic rings. The first-order valence-electron chi connectivity index (χ1n) is 4.68.